The van der Waals surface area contributed by atoms with Crippen LogP contribution in [0.25, 0.3) is 0 Å². The van der Waals surface area contributed by atoms with Crippen LogP contribution in [0.1, 0.15) is 15.9 Å². The normalized spacial score (nSPS) is 9.62. The van der Waals surface area contributed by atoms with Gasteiger partial charge in [-0.2, -0.15) is 0 Å². The molecule has 0 saturated carbocycles. The van der Waals surface area contributed by atoms with E-state index in [1.807, 2.05) is 0 Å². The van der Waals surface area contributed by atoms with E-state index >= 15 is 0 Å². The largest absolute Gasteiger partial charge is 0.507 e. The Morgan fingerprint density at radius 3 is 2.71 bits per heavy atom. The van der Waals surface area contributed by atoms with E-state index in [2.05, 4.69) is 17.2 Å². The lowest BCUT2D eigenvalue weighted by Crippen LogP contribution is -2.12. The second kappa shape index (κ2) is 6.80. The molecule has 3 N–H and O–H groups in total. The summed E-state index contributed by atoms with van der Waals surface area (Å²) in [6.45, 7) is -0.248. The molecule has 2 rings (SSSR count). The van der Waals surface area contributed by atoms with E-state index in [-0.39, 0.29) is 17.9 Å². The number of para-hydroxylation sites is 1. The molecule has 0 atom stereocenters. The van der Waals surface area contributed by atoms with Gasteiger partial charge in [0.15, 0.2) is 0 Å². The summed E-state index contributed by atoms with van der Waals surface area (Å²) < 4.78 is 0. The Hall–Kier alpha value is -2.48. The van der Waals surface area contributed by atoms with Gasteiger partial charge in [0.25, 0.3) is 5.91 Å². The summed E-state index contributed by atoms with van der Waals surface area (Å²) in [5, 5.41) is 21.3. The van der Waals surface area contributed by atoms with E-state index in [0.29, 0.717) is 16.3 Å². The van der Waals surface area contributed by atoms with E-state index in [1.165, 1.54) is 12.1 Å². The summed E-state index contributed by atoms with van der Waals surface area (Å²) in [4.78, 5) is 12.1. The summed E-state index contributed by atoms with van der Waals surface area (Å²) in [6.07, 6.45) is 0. The summed E-state index contributed by atoms with van der Waals surface area (Å²) >= 11 is 6.03. The Kier molecular flexibility index (Phi) is 4.83. The first kappa shape index (κ1) is 14.9. The molecule has 5 heteroatoms. The molecule has 21 heavy (non-hydrogen) atoms. The highest BCUT2D eigenvalue weighted by molar-refractivity contribution is 6.34. The topological polar surface area (TPSA) is 69.6 Å². The van der Waals surface area contributed by atoms with Gasteiger partial charge in [-0.05, 0) is 30.3 Å². The quantitative estimate of drug-likeness (QED) is 0.747. The molecule has 0 aliphatic rings. The van der Waals surface area contributed by atoms with Gasteiger partial charge in [-0.25, -0.2) is 0 Å². The van der Waals surface area contributed by atoms with Crippen LogP contribution in [0.4, 0.5) is 5.69 Å². The third kappa shape index (κ3) is 3.76. The van der Waals surface area contributed by atoms with E-state index < -0.39 is 5.91 Å². The van der Waals surface area contributed by atoms with Crippen LogP contribution in [0, 0.1) is 11.8 Å². The molecule has 0 radical (unpaired) electrons. The fourth-order valence-electron chi connectivity index (χ4n) is 1.70. The van der Waals surface area contributed by atoms with Gasteiger partial charge in [-0.3, -0.25) is 4.79 Å². The molecule has 0 bridgehead atoms. The lowest BCUT2D eigenvalue weighted by atomic mass is 10.1. The molecule has 106 valence electrons. The van der Waals surface area contributed by atoms with Crippen LogP contribution in [0.15, 0.2) is 42.5 Å². The number of carbonyl (C=O) groups is 1. The highest BCUT2D eigenvalue weighted by Crippen LogP contribution is 2.25. The van der Waals surface area contributed by atoms with Crippen molar-refractivity contribution in [1.82, 2.24) is 0 Å². The Morgan fingerprint density at radius 2 is 2.00 bits per heavy atom. The molecule has 0 spiro atoms. The number of aliphatic hydroxyl groups excluding tert-OH is 1. The van der Waals surface area contributed by atoms with Crippen molar-refractivity contribution < 1.29 is 15.0 Å². The molecular weight excluding hydrogens is 290 g/mol. The fraction of sp³-hybridized carbons (Fsp3) is 0.0625. The number of phenolic OH excluding ortho intramolecular Hbond substituents is 1. The van der Waals surface area contributed by atoms with E-state index in [0.717, 1.165) is 0 Å². The first-order chi connectivity index (χ1) is 10.1. The lowest BCUT2D eigenvalue weighted by molar-refractivity contribution is 0.102. The molecular formula is C16H12ClNO3. The van der Waals surface area contributed by atoms with Gasteiger partial charge in [0.2, 0.25) is 0 Å². The Morgan fingerprint density at radius 1 is 1.24 bits per heavy atom. The number of aliphatic hydroxyl groups is 1. The standard InChI is InChI=1S/C16H12ClNO3/c17-13-8-7-11(4-3-9-19)10-14(13)18-16(21)12-5-1-2-6-15(12)20/h1-2,5-8,10,19-20H,9H2,(H,18,21). The molecule has 1 amide bonds. The molecule has 0 unspecified atom stereocenters. The number of hydrogen-bond acceptors (Lipinski definition) is 3. The molecule has 2 aromatic rings. The van der Waals surface area contributed by atoms with Crippen molar-refractivity contribution in [2.75, 3.05) is 11.9 Å². The van der Waals surface area contributed by atoms with Gasteiger partial charge in [0, 0.05) is 5.56 Å². The number of amides is 1. The molecule has 0 aliphatic carbocycles. The van der Waals surface area contributed by atoms with Crippen LogP contribution < -0.4 is 5.32 Å². The zero-order valence-electron chi connectivity index (χ0n) is 10.9. The Balaban J connectivity index is 2.27. The molecule has 4 nitrogen and oxygen atoms in total. The van der Waals surface area contributed by atoms with Crippen LogP contribution in [0.2, 0.25) is 5.02 Å². The van der Waals surface area contributed by atoms with Crippen molar-refractivity contribution in [3.8, 4) is 17.6 Å². The van der Waals surface area contributed by atoms with E-state index in [1.54, 1.807) is 30.3 Å². The van der Waals surface area contributed by atoms with Crippen molar-refractivity contribution in [1.29, 1.82) is 0 Å². The number of rotatable bonds is 2. The van der Waals surface area contributed by atoms with Crippen molar-refractivity contribution in [3.63, 3.8) is 0 Å². The number of anilines is 1. The number of hydrogen-bond donors (Lipinski definition) is 3. The maximum atomic E-state index is 12.1. The minimum Gasteiger partial charge on any atom is -0.507 e. The fourth-order valence-corrected chi connectivity index (χ4v) is 1.86. The molecule has 0 saturated heterocycles. The maximum Gasteiger partial charge on any atom is 0.259 e. The van der Waals surface area contributed by atoms with Crippen LogP contribution in [-0.2, 0) is 0 Å². The zero-order valence-corrected chi connectivity index (χ0v) is 11.7. The second-order valence-corrected chi connectivity index (χ2v) is 4.53. The van der Waals surface area contributed by atoms with Crippen molar-refractivity contribution in [3.05, 3.63) is 58.6 Å². The molecule has 2 aromatic carbocycles. The third-order valence-corrected chi connectivity index (χ3v) is 3.00. The van der Waals surface area contributed by atoms with Crippen LogP contribution in [0.3, 0.4) is 0 Å². The molecule has 0 heterocycles. The minimum absolute atomic E-state index is 0.109. The van der Waals surface area contributed by atoms with Crippen LogP contribution >= 0.6 is 11.6 Å². The first-order valence-electron chi connectivity index (χ1n) is 6.10. The first-order valence-corrected chi connectivity index (χ1v) is 6.48. The summed E-state index contributed by atoms with van der Waals surface area (Å²) in [7, 11) is 0. The molecule has 0 aromatic heterocycles. The maximum absolute atomic E-state index is 12.1. The van der Waals surface area contributed by atoms with Gasteiger partial charge in [0.1, 0.15) is 12.4 Å². The van der Waals surface area contributed by atoms with Crippen LogP contribution in [-0.4, -0.2) is 22.7 Å². The van der Waals surface area contributed by atoms with Gasteiger partial charge in [-0.1, -0.05) is 35.6 Å². The third-order valence-electron chi connectivity index (χ3n) is 2.68. The van der Waals surface area contributed by atoms with Gasteiger partial charge < -0.3 is 15.5 Å². The average Bonchev–Trinajstić information content (AvgIpc) is 2.48. The highest BCUT2D eigenvalue weighted by atomic mass is 35.5. The average molecular weight is 302 g/mol. The number of halogens is 1. The Labute approximate surface area is 127 Å². The van der Waals surface area contributed by atoms with Crippen molar-refractivity contribution >= 4 is 23.2 Å². The second-order valence-electron chi connectivity index (χ2n) is 4.13. The summed E-state index contributed by atoms with van der Waals surface area (Å²) in [5.74, 6) is 4.66. The zero-order chi connectivity index (χ0) is 15.2. The minimum atomic E-state index is -0.470. The van der Waals surface area contributed by atoms with Crippen LogP contribution in [0.5, 0.6) is 5.75 Å². The van der Waals surface area contributed by atoms with Crippen molar-refractivity contribution in [2.45, 2.75) is 0 Å². The van der Waals surface area contributed by atoms with Gasteiger partial charge >= 0.3 is 0 Å². The predicted molar refractivity (Wildman–Crippen MR) is 81.5 cm³/mol. The number of phenols is 1. The molecule has 0 fully saturated rings. The van der Waals surface area contributed by atoms with E-state index in [4.69, 9.17) is 16.7 Å². The SMILES string of the molecule is O=C(Nc1cc(C#CCO)ccc1Cl)c1ccccc1O. The number of carbonyl (C=O) groups excluding carboxylic acids is 1. The number of benzene rings is 2. The van der Waals surface area contributed by atoms with Gasteiger partial charge in [0.05, 0.1) is 16.3 Å². The Bertz CT molecular complexity index is 732. The smallest absolute Gasteiger partial charge is 0.259 e. The molecule has 0 aliphatic heterocycles. The monoisotopic (exact) mass is 301 g/mol. The van der Waals surface area contributed by atoms with Gasteiger partial charge in [-0.15, -0.1) is 0 Å². The number of nitrogens with one attached hydrogen (secondary N) is 1. The summed E-state index contributed by atoms with van der Waals surface area (Å²) in [6, 6.07) is 11.1. The van der Waals surface area contributed by atoms with Crippen molar-refractivity contribution in [2.24, 2.45) is 0 Å². The van der Waals surface area contributed by atoms with E-state index in [9.17, 15) is 9.90 Å². The highest BCUT2D eigenvalue weighted by Gasteiger charge is 2.12. The predicted octanol–water partition coefficient (Wildman–Crippen LogP) is 2.64. The summed E-state index contributed by atoms with van der Waals surface area (Å²) in [5.41, 5.74) is 1.15. The number of aromatic hydroxyl groups is 1. The lowest BCUT2D eigenvalue weighted by Gasteiger charge is -2.08.